The van der Waals surface area contributed by atoms with Gasteiger partial charge in [-0.05, 0) is 42.3 Å². The minimum atomic E-state index is -0.426. The SMILES string of the molecule is O=C(Cc1ccc(Cl)cc1)N1CCCN(C(=O)c2cccc(F)c2)CC1. The highest BCUT2D eigenvalue weighted by Gasteiger charge is 2.23. The molecule has 4 nitrogen and oxygen atoms in total. The van der Waals surface area contributed by atoms with E-state index in [4.69, 9.17) is 11.6 Å². The van der Waals surface area contributed by atoms with Crippen LogP contribution in [0.2, 0.25) is 5.02 Å². The van der Waals surface area contributed by atoms with E-state index in [-0.39, 0.29) is 11.8 Å². The minimum absolute atomic E-state index is 0.0346. The molecule has 0 spiro atoms. The van der Waals surface area contributed by atoms with Crippen molar-refractivity contribution in [3.05, 3.63) is 70.5 Å². The van der Waals surface area contributed by atoms with Gasteiger partial charge in [-0.15, -0.1) is 0 Å². The van der Waals surface area contributed by atoms with Crippen LogP contribution in [0.5, 0.6) is 0 Å². The molecule has 3 rings (SSSR count). The molecule has 2 amide bonds. The molecule has 26 heavy (non-hydrogen) atoms. The zero-order valence-corrected chi connectivity index (χ0v) is 15.1. The van der Waals surface area contributed by atoms with Gasteiger partial charge in [0.05, 0.1) is 6.42 Å². The van der Waals surface area contributed by atoms with Crippen molar-refractivity contribution >= 4 is 23.4 Å². The molecular weight excluding hydrogens is 355 g/mol. The molecule has 0 aliphatic carbocycles. The average Bonchev–Trinajstić information content (AvgIpc) is 2.89. The summed E-state index contributed by atoms with van der Waals surface area (Å²) in [4.78, 5) is 28.6. The Kier molecular flexibility index (Phi) is 5.89. The molecule has 0 saturated carbocycles. The molecule has 0 unspecified atom stereocenters. The van der Waals surface area contributed by atoms with Crippen LogP contribution in [-0.2, 0) is 11.2 Å². The first-order valence-electron chi connectivity index (χ1n) is 8.60. The molecule has 0 N–H and O–H groups in total. The third-order valence-electron chi connectivity index (χ3n) is 4.48. The quantitative estimate of drug-likeness (QED) is 0.826. The lowest BCUT2D eigenvalue weighted by Gasteiger charge is -2.22. The van der Waals surface area contributed by atoms with E-state index in [0.717, 1.165) is 5.56 Å². The second-order valence-corrected chi connectivity index (χ2v) is 6.78. The van der Waals surface area contributed by atoms with Crippen LogP contribution in [-0.4, -0.2) is 47.8 Å². The lowest BCUT2D eigenvalue weighted by atomic mass is 10.1. The van der Waals surface area contributed by atoms with Crippen molar-refractivity contribution in [1.29, 1.82) is 0 Å². The van der Waals surface area contributed by atoms with Crippen LogP contribution >= 0.6 is 11.6 Å². The molecule has 0 radical (unpaired) electrons. The summed E-state index contributed by atoms with van der Waals surface area (Å²) < 4.78 is 13.3. The summed E-state index contributed by atoms with van der Waals surface area (Å²) in [5.74, 6) is -0.589. The van der Waals surface area contributed by atoms with Crippen molar-refractivity contribution in [2.24, 2.45) is 0 Å². The van der Waals surface area contributed by atoms with E-state index in [1.165, 1.54) is 18.2 Å². The van der Waals surface area contributed by atoms with Gasteiger partial charge in [0.15, 0.2) is 0 Å². The third kappa shape index (κ3) is 4.61. The fourth-order valence-corrected chi connectivity index (χ4v) is 3.19. The smallest absolute Gasteiger partial charge is 0.254 e. The molecule has 1 aliphatic rings. The van der Waals surface area contributed by atoms with Gasteiger partial charge in [-0.2, -0.15) is 0 Å². The van der Waals surface area contributed by atoms with Gasteiger partial charge in [-0.1, -0.05) is 29.8 Å². The van der Waals surface area contributed by atoms with Gasteiger partial charge < -0.3 is 9.80 Å². The zero-order chi connectivity index (χ0) is 18.5. The number of rotatable bonds is 3. The maximum Gasteiger partial charge on any atom is 0.254 e. The van der Waals surface area contributed by atoms with E-state index in [0.29, 0.717) is 49.6 Å². The van der Waals surface area contributed by atoms with Crippen molar-refractivity contribution in [3.8, 4) is 0 Å². The zero-order valence-electron chi connectivity index (χ0n) is 14.3. The summed E-state index contributed by atoms with van der Waals surface area (Å²) in [5.41, 5.74) is 1.25. The molecule has 6 heteroatoms. The predicted molar refractivity (Wildman–Crippen MR) is 98.7 cm³/mol. The average molecular weight is 375 g/mol. The fourth-order valence-electron chi connectivity index (χ4n) is 3.06. The van der Waals surface area contributed by atoms with Crippen LogP contribution in [0.4, 0.5) is 4.39 Å². The minimum Gasteiger partial charge on any atom is -0.341 e. The standard InChI is InChI=1S/C20H20ClFN2O2/c21-17-7-5-15(6-8-17)13-19(25)23-9-2-10-24(12-11-23)20(26)16-3-1-4-18(22)14-16/h1,3-8,14H,2,9-13H2. The van der Waals surface area contributed by atoms with Crippen LogP contribution in [0.1, 0.15) is 22.3 Å². The summed E-state index contributed by atoms with van der Waals surface area (Å²) in [6, 6.07) is 12.9. The summed E-state index contributed by atoms with van der Waals surface area (Å²) in [6.07, 6.45) is 1.02. The molecule has 0 bridgehead atoms. The van der Waals surface area contributed by atoms with Gasteiger partial charge in [-0.25, -0.2) is 4.39 Å². The number of carbonyl (C=O) groups is 2. The van der Waals surface area contributed by atoms with E-state index >= 15 is 0 Å². The first-order chi connectivity index (χ1) is 12.5. The molecule has 0 atom stereocenters. The highest BCUT2D eigenvalue weighted by molar-refractivity contribution is 6.30. The van der Waals surface area contributed by atoms with Crippen molar-refractivity contribution in [1.82, 2.24) is 9.80 Å². The third-order valence-corrected chi connectivity index (χ3v) is 4.73. The number of benzene rings is 2. The molecular formula is C20H20ClFN2O2. The largest absolute Gasteiger partial charge is 0.341 e. The van der Waals surface area contributed by atoms with E-state index < -0.39 is 5.82 Å². The highest BCUT2D eigenvalue weighted by atomic mass is 35.5. The summed E-state index contributed by atoms with van der Waals surface area (Å²) >= 11 is 5.87. The number of nitrogens with zero attached hydrogens (tertiary/aromatic N) is 2. The lowest BCUT2D eigenvalue weighted by Crippen LogP contribution is -2.38. The molecule has 1 fully saturated rings. The van der Waals surface area contributed by atoms with Crippen LogP contribution in [0.15, 0.2) is 48.5 Å². The van der Waals surface area contributed by atoms with Gasteiger partial charge >= 0.3 is 0 Å². The molecule has 1 aliphatic heterocycles. The van der Waals surface area contributed by atoms with Crippen LogP contribution < -0.4 is 0 Å². The number of amides is 2. The predicted octanol–water partition coefficient (Wildman–Crippen LogP) is 3.40. The van der Waals surface area contributed by atoms with Crippen LogP contribution in [0.3, 0.4) is 0 Å². The molecule has 136 valence electrons. The Morgan fingerprint density at radius 1 is 0.962 bits per heavy atom. The van der Waals surface area contributed by atoms with Gasteiger partial charge in [0.25, 0.3) is 5.91 Å². The maximum absolute atomic E-state index is 13.3. The first kappa shape index (κ1) is 18.4. The molecule has 2 aromatic carbocycles. The molecule has 1 saturated heterocycles. The normalized spacial score (nSPS) is 14.8. The van der Waals surface area contributed by atoms with Crippen molar-refractivity contribution < 1.29 is 14.0 Å². The molecule has 2 aromatic rings. The van der Waals surface area contributed by atoms with Gasteiger partial charge in [-0.3, -0.25) is 9.59 Å². The maximum atomic E-state index is 13.3. The van der Waals surface area contributed by atoms with E-state index in [2.05, 4.69) is 0 Å². The van der Waals surface area contributed by atoms with E-state index in [1.54, 1.807) is 28.0 Å². The van der Waals surface area contributed by atoms with Crippen molar-refractivity contribution in [3.63, 3.8) is 0 Å². The number of hydrogen-bond acceptors (Lipinski definition) is 2. The Morgan fingerprint density at radius 2 is 1.65 bits per heavy atom. The topological polar surface area (TPSA) is 40.6 Å². The Morgan fingerprint density at radius 3 is 2.38 bits per heavy atom. The Hall–Kier alpha value is -2.40. The monoisotopic (exact) mass is 374 g/mol. The van der Waals surface area contributed by atoms with Crippen LogP contribution in [0.25, 0.3) is 0 Å². The second kappa shape index (κ2) is 8.32. The summed E-state index contributed by atoms with van der Waals surface area (Å²) in [6.45, 7) is 2.09. The van der Waals surface area contributed by atoms with E-state index in [1.807, 2.05) is 12.1 Å². The second-order valence-electron chi connectivity index (χ2n) is 6.34. The van der Waals surface area contributed by atoms with Gasteiger partial charge in [0, 0.05) is 36.8 Å². The highest BCUT2D eigenvalue weighted by Crippen LogP contribution is 2.14. The van der Waals surface area contributed by atoms with Gasteiger partial charge in [0.1, 0.15) is 5.82 Å². The Bertz CT molecular complexity index is 795. The van der Waals surface area contributed by atoms with Gasteiger partial charge in [0.2, 0.25) is 5.91 Å². The number of halogens is 2. The molecule has 1 heterocycles. The Balaban J connectivity index is 1.59. The fraction of sp³-hybridized carbons (Fsp3) is 0.300. The number of hydrogen-bond donors (Lipinski definition) is 0. The Labute approximate surface area is 157 Å². The van der Waals surface area contributed by atoms with Crippen LogP contribution in [0, 0.1) is 5.82 Å². The number of carbonyl (C=O) groups excluding carboxylic acids is 2. The van der Waals surface area contributed by atoms with E-state index in [9.17, 15) is 14.0 Å². The lowest BCUT2D eigenvalue weighted by molar-refractivity contribution is -0.130. The van der Waals surface area contributed by atoms with Crippen molar-refractivity contribution in [2.45, 2.75) is 12.8 Å². The summed E-state index contributed by atoms with van der Waals surface area (Å²) in [7, 11) is 0. The first-order valence-corrected chi connectivity index (χ1v) is 8.98. The van der Waals surface area contributed by atoms with Crippen molar-refractivity contribution in [2.75, 3.05) is 26.2 Å². The molecule has 0 aromatic heterocycles. The summed E-state index contributed by atoms with van der Waals surface area (Å²) in [5, 5.41) is 0.641.